The molecule has 1 aliphatic heterocycles. The van der Waals surface area contributed by atoms with Crippen molar-refractivity contribution in [3.05, 3.63) is 48.0 Å². The zero-order valence-corrected chi connectivity index (χ0v) is 14.0. The summed E-state index contributed by atoms with van der Waals surface area (Å²) in [7, 11) is 0. The Kier molecular flexibility index (Phi) is 4.73. The van der Waals surface area contributed by atoms with Crippen LogP contribution in [0.4, 0.5) is 0 Å². The topological polar surface area (TPSA) is 67.2 Å². The van der Waals surface area contributed by atoms with E-state index in [1.807, 2.05) is 47.6 Å². The van der Waals surface area contributed by atoms with Crippen molar-refractivity contribution in [1.82, 2.24) is 14.9 Å². The van der Waals surface area contributed by atoms with Crippen LogP contribution in [0.3, 0.4) is 0 Å². The molecule has 2 heterocycles. The molecular weight excluding hydrogens is 310 g/mol. The minimum Gasteiger partial charge on any atom is -0.388 e. The molecule has 1 amide bonds. The Bertz CT molecular complexity index is 679. The minimum absolute atomic E-state index is 0.163. The third kappa shape index (κ3) is 3.76. The maximum absolute atomic E-state index is 12.6. The lowest BCUT2D eigenvalue weighted by Gasteiger charge is -2.31. The first-order valence-corrected chi connectivity index (χ1v) is 8.90. The number of amides is 1. The number of carbonyl (C=O) groups excluding carboxylic acids is 1. The molecule has 0 radical (unpaired) electrons. The van der Waals surface area contributed by atoms with Crippen LogP contribution in [-0.2, 0) is 0 Å². The number of aryl methyl sites for hydroxylation is 1. The van der Waals surface area contributed by atoms with Gasteiger partial charge in [0, 0.05) is 18.9 Å². The fraction of sp³-hybridized carbons (Fsp3) is 0.412. The van der Waals surface area contributed by atoms with Gasteiger partial charge >= 0.3 is 0 Å². The van der Waals surface area contributed by atoms with Crippen molar-refractivity contribution >= 4 is 17.7 Å². The molecule has 1 aliphatic rings. The van der Waals surface area contributed by atoms with Gasteiger partial charge in [-0.05, 0) is 43.4 Å². The van der Waals surface area contributed by atoms with E-state index < -0.39 is 5.60 Å². The largest absolute Gasteiger partial charge is 0.388 e. The van der Waals surface area contributed by atoms with Gasteiger partial charge in [-0.2, -0.15) is 11.8 Å². The SMILES string of the molecule is Cc1ccc(-n2ccnc2)c(C(=O)NCC2(O)CCSCC2)c1. The lowest BCUT2D eigenvalue weighted by molar-refractivity contribution is 0.0311. The molecule has 122 valence electrons. The van der Waals surface area contributed by atoms with Crippen LogP contribution in [-0.4, -0.2) is 44.2 Å². The average Bonchev–Trinajstić information content (AvgIpc) is 3.07. The maximum atomic E-state index is 12.6. The number of thioether (sulfide) groups is 1. The Morgan fingerprint density at radius 2 is 2.22 bits per heavy atom. The first-order valence-electron chi connectivity index (χ1n) is 7.75. The maximum Gasteiger partial charge on any atom is 0.253 e. The molecule has 1 fully saturated rings. The van der Waals surface area contributed by atoms with E-state index in [1.165, 1.54) is 0 Å². The summed E-state index contributed by atoms with van der Waals surface area (Å²) in [6.45, 7) is 2.25. The molecule has 2 N–H and O–H groups in total. The van der Waals surface area contributed by atoms with E-state index in [0.29, 0.717) is 12.1 Å². The first-order chi connectivity index (χ1) is 11.1. The molecule has 3 rings (SSSR count). The second-order valence-corrected chi connectivity index (χ2v) is 7.23. The van der Waals surface area contributed by atoms with E-state index in [0.717, 1.165) is 35.6 Å². The van der Waals surface area contributed by atoms with Crippen LogP contribution in [0.2, 0.25) is 0 Å². The van der Waals surface area contributed by atoms with E-state index in [-0.39, 0.29) is 5.91 Å². The second-order valence-electron chi connectivity index (χ2n) is 6.01. The van der Waals surface area contributed by atoms with Crippen molar-refractivity contribution in [2.45, 2.75) is 25.4 Å². The number of carbonyl (C=O) groups is 1. The number of nitrogens with one attached hydrogen (secondary N) is 1. The molecule has 0 aliphatic carbocycles. The first kappa shape index (κ1) is 16.1. The third-order valence-corrected chi connectivity index (χ3v) is 5.17. The zero-order valence-electron chi connectivity index (χ0n) is 13.2. The molecule has 0 atom stereocenters. The number of nitrogens with zero attached hydrogens (tertiary/aromatic N) is 2. The van der Waals surface area contributed by atoms with Gasteiger partial charge in [0.25, 0.3) is 5.91 Å². The Hall–Kier alpha value is -1.79. The van der Waals surface area contributed by atoms with E-state index >= 15 is 0 Å². The highest BCUT2D eigenvalue weighted by Gasteiger charge is 2.30. The fourth-order valence-corrected chi connectivity index (χ4v) is 3.98. The number of benzene rings is 1. The van der Waals surface area contributed by atoms with Gasteiger partial charge < -0.3 is 15.0 Å². The molecule has 6 heteroatoms. The van der Waals surface area contributed by atoms with Gasteiger partial charge in [-0.3, -0.25) is 4.79 Å². The summed E-state index contributed by atoms with van der Waals surface area (Å²) in [6.07, 6.45) is 6.62. The third-order valence-electron chi connectivity index (χ3n) is 4.18. The quantitative estimate of drug-likeness (QED) is 0.901. The van der Waals surface area contributed by atoms with Gasteiger partial charge in [0.15, 0.2) is 0 Å². The number of imidazole rings is 1. The van der Waals surface area contributed by atoms with Gasteiger partial charge in [-0.15, -0.1) is 0 Å². The number of aromatic nitrogens is 2. The smallest absolute Gasteiger partial charge is 0.253 e. The molecule has 23 heavy (non-hydrogen) atoms. The van der Waals surface area contributed by atoms with E-state index in [2.05, 4.69) is 10.3 Å². The monoisotopic (exact) mass is 331 g/mol. The van der Waals surface area contributed by atoms with Crippen LogP contribution in [0.1, 0.15) is 28.8 Å². The lowest BCUT2D eigenvalue weighted by atomic mass is 9.96. The molecule has 5 nitrogen and oxygen atoms in total. The van der Waals surface area contributed by atoms with Crippen molar-refractivity contribution in [2.24, 2.45) is 0 Å². The van der Waals surface area contributed by atoms with Crippen molar-refractivity contribution in [2.75, 3.05) is 18.1 Å². The van der Waals surface area contributed by atoms with Crippen LogP contribution < -0.4 is 5.32 Å². The predicted octanol–water partition coefficient (Wildman–Crippen LogP) is 2.17. The second kappa shape index (κ2) is 6.76. The van der Waals surface area contributed by atoms with Gasteiger partial charge in [0.2, 0.25) is 0 Å². The highest BCUT2D eigenvalue weighted by molar-refractivity contribution is 7.99. The molecular formula is C17H21N3O2S. The van der Waals surface area contributed by atoms with Crippen LogP contribution in [0, 0.1) is 6.92 Å². The Balaban J connectivity index is 1.78. The Morgan fingerprint density at radius 1 is 1.43 bits per heavy atom. The van der Waals surface area contributed by atoms with Crippen molar-refractivity contribution in [3.8, 4) is 5.69 Å². The zero-order chi connectivity index (χ0) is 16.3. The van der Waals surface area contributed by atoms with Gasteiger partial charge in [-0.1, -0.05) is 11.6 Å². The molecule has 2 aromatic rings. The molecule has 1 aromatic carbocycles. The molecule has 0 saturated carbocycles. The summed E-state index contributed by atoms with van der Waals surface area (Å²) in [4.78, 5) is 16.7. The standard InChI is InChI=1S/C17H21N3O2S/c1-13-2-3-15(20-7-6-18-12-20)14(10-13)16(21)19-11-17(22)4-8-23-9-5-17/h2-3,6-7,10,12,22H,4-5,8-9,11H2,1H3,(H,19,21). The average molecular weight is 331 g/mol. The van der Waals surface area contributed by atoms with E-state index in [1.54, 1.807) is 12.5 Å². The van der Waals surface area contributed by atoms with Crippen molar-refractivity contribution in [1.29, 1.82) is 0 Å². The number of rotatable bonds is 4. The fourth-order valence-electron chi connectivity index (χ4n) is 2.73. The van der Waals surface area contributed by atoms with E-state index in [4.69, 9.17) is 0 Å². The Labute approximate surface area is 140 Å². The molecule has 0 bridgehead atoms. The molecule has 0 spiro atoms. The number of hydrogen-bond acceptors (Lipinski definition) is 4. The van der Waals surface area contributed by atoms with Crippen molar-refractivity contribution < 1.29 is 9.90 Å². The molecule has 0 unspecified atom stereocenters. The summed E-state index contributed by atoms with van der Waals surface area (Å²) in [5.74, 6) is 1.72. The number of hydrogen-bond donors (Lipinski definition) is 2. The minimum atomic E-state index is -0.778. The summed E-state index contributed by atoms with van der Waals surface area (Å²) in [5.41, 5.74) is 1.63. The van der Waals surface area contributed by atoms with Gasteiger partial charge in [0.1, 0.15) is 0 Å². The van der Waals surface area contributed by atoms with Crippen LogP contribution in [0.25, 0.3) is 5.69 Å². The van der Waals surface area contributed by atoms with Crippen molar-refractivity contribution in [3.63, 3.8) is 0 Å². The predicted molar refractivity (Wildman–Crippen MR) is 92.1 cm³/mol. The van der Waals surface area contributed by atoms with Crippen LogP contribution >= 0.6 is 11.8 Å². The van der Waals surface area contributed by atoms with Gasteiger partial charge in [0.05, 0.1) is 23.2 Å². The van der Waals surface area contributed by atoms with E-state index in [9.17, 15) is 9.90 Å². The summed E-state index contributed by atoms with van der Waals surface area (Å²) in [5, 5.41) is 13.4. The van der Waals surface area contributed by atoms with Crippen LogP contribution in [0.5, 0.6) is 0 Å². The lowest BCUT2D eigenvalue weighted by Crippen LogP contribution is -2.45. The highest BCUT2D eigenvalue weighted by atomic mass is 32.2. The molecule has 1 aromatic heterocycles. The Morgan fingerprint density at radius 3 is 2.91 bits per heavy atom. The normalized spacial score (nSPS) is 17.0. The molecule has 1 saturated heterocycles. The van der Waals surface area contributed by atoms with Crippen LogP contribution in [0.15, 0.2) is 36.9 Å². The highest BCUT2D eigenvalue weighted by Crippen LogP contribution is 2.26. The number of aliphatic hydroxyl groups is 1. The summed E-state index contributed by atoms with van der Waals surface area (Å²) >= 11 is 1.85. The van der Waals surface area contributed by atoms with Gasteiger partial charge in [-0.25, -0.2) is 4.98 Å². The summed E-state index contributed by atoms with van der Waals surface area (Å²) in [6, 6.07) is 5.75. The summed E-state index contributed by atoms with van der Waals surface area (Å²) < 4.78 is 1.82.